The number of nitrogens with one attached hydrogen (secondary N) is 1. The lowest BCUT2D eigenvalue weighted by Crippen LogP contribution is -2.36. The molecular formula is C26H37N7O3. The van der Waals surface area contributed by atoms with Crippen molar-refractivity contribution in [1.29, 1.82) is 0 Å². The van der Waals surface area contributed by atoms with Gasteiger partial charge in [-0.25, -0.2) is 9.50 Å². The van der Waals surface area contributed by atoms with Gasteiger partial charge in [0.25, 0.3) is 5.91 Å². The Morgan fingerprint density at radius 2 is 1.92 bits per heavy atom. The lowest BCUT2D eigenvalue weighted by molar-refractivity contribution is 0.0729. The second-order valence-electron chi connectivity index (χ2n) is 10.9. The van der Waals surface area contributed by atoms with E-state index in [2.05, 4.69) is 29.2 Å². The smallest absolute Gasteiger partial charge is 0.261 e. The maximum absolute atomic E-state index is 13.4. The van der Waals surface area contributed by atoms with Crippen LogP contribution in [-0.2, 0) is 10.3 Å². The lowest BCUT2D eigenvalue weighted by Gasteiger charge is -2.31. The van der Waals surface area contributed by atoms with E-state index < -0.39 is 5.60 Å². The Morgan fingerprint density at radius 1 is 1.19 bits per heavy atom. The van der Waals surface area contributed by atoms with Gasteiger partial charge < -0.3 is 20.1 Å². The zero-order chi connectivity index (χ0) is 25.4. The fraction of sp³-hybridized carbons (Fsp3) is 0.615. The highest BCUT2D eigenvalue weighted by atomic mass is 16.5. The summed E-state index contributed by atoms with van der Waals surface area (Å²) in [6, 6.07) is 2.17. The third-order valence-electron chi connectivity index (χ3n) is 7.55. The van der Waals surface area contributed by atoms with E-state index in [-0.39, 0.29) is 11.9 Å². The number of rotatable bonds is 6. The summed E-state index contributed by atoms with van der Waals surface area (Å²) in [6.07, 6.45) is 9.64. The highest BCUT2D eigenvalue weighted by Crippen LogP contribution is 2.37. The van der Waals surface area contributed by atoms with Gasteiger partial charge >= 0.3 is 0 Å². The first-order chi connectivity index (χ1) is 17.2. The molecule has 1 saturated heterocycles. The molecule has 0 aromatic carbocycles. The van der Waals surface area contributed by atoms with Crippen molar-refractivity contribution in [3.8, 4) is 0 Å². The molecule has 10 nitrogen and oxygen atoms in total. The minimum absolute atomic E-state index is 0.265. The van der Waals surface area contributed by atoms with Crippen molar-refractivity contribution in [2.45, 2.75) is 65.0 Å². The molecule has 1 saturated carbocycles. The van der Waals surface area contributed by atoms with Crippen LogP contribution in [0.25, 0.3) is 5.65 Å². The topological polar surface area (TPSA) is 110 Å². The van der Waals surface area contributed by atoms with Crippen LogP contribution in [0, 0.1) is 11.8 Å². The highest BCUT2D eigenvalue weighted by Gasteiger charge is 2.30. The maximum Gasteiger partial charge on any atom is 0.261 e. The third kappa shape index (κ3) is 4.97. The Labute approximate surface area is 211 Å². The van der Waals surface area contributed by atoms with Crippen molar-refractivity contribution < 1.29 is 14.6 Å². The quantitative estimate of drug-likeness (QED) is 0.537. The summed E-state index contributed by atoms with van der Waals surface area (Å²) in [7, 11) is 0. The fourth-order valence-corrected chi connectivity index (χ4v) is 5.33. The average Bonchev–Trinajstić information content (AvgIpc) is 3.49. The van der Waals surface area contributed by atoms with Crippen LogP contribution in [-0.4, -0.2) is 61.7 Å². The molecule has 3 aromatic rings. The van der Waals surface area contributed by atoms with E-state index in [0.717, 1.165) is 37.7 Å². The fourth-order valence-electron chi connectivity index (χ4n) is 5.33. The first-order valence-corrected chi connectivity index (χ1v) is 13.0. The minimum atomic E-state index is -1.20. The molecule has 0 radical (unpaired) electrons. The molecule has 194 valence electrons. The van der Waals surface area contributed by atoms with Gasteiger partial charge in [0.2, 0.25) is 0 Å². The number of carbonyl (C=O) groups is 1. The molecule has 10 heteroatoms. The number of aliphatic hydroxyl groups is 1. The second kappa shape index (κ2) is 9.82. The molecule has 2 fully saturated rings. The van der Waals surface area contributed by atoms with Gasteiger partial charge in [0, 0.05) is 25.5 Å². The number of aromatic nitrogens is 5. The van der Waals surface area contributed by atoms with E-state index >= 15 is 0 Å². The molecule has 3 aromatic heterocycles. The number of amides is 1. The Bertz CT molecular complexity index is 1210. The number of fused-ring (bicyclic) bond motifs is 1. The molecule has 0 spiro atoms. The van der Waals surface area contributed by atoms with E-state index in [1.165, 1.54) is 19.0 Å². The van der Waals surface area contributed by atoms with Crippen LogP contribution in [0.15, 0.2) is 24.7 Å². The number of nitrogens with zero attached hydrogens (tertiary/aromatic N) is 6. The van der Waals surface area contributed by atoms with Gasteiger partial charge in [-0.2, -0.15) is 10.2 Å². The molecule has 5 rings (SSSR count). The van der Waals surface area contributed by atoms with Crippen molar-refractivity contribution in [3.05, 3.63) is 35.9 Å². The molecular weight excluding hydrogens is 458 g/mol. The first kappa shape index (κ1) is 24.7. The number of anilines is 2. The number of ether oxygens (including phenoxy) is 1. The monoisotopic (exact) mass is 495 g/mol. The second-order valence-corrected chi connectivity index (χ2v) is 10.9. The Morgan fingerprint density at radius 3 is 2.58 bits per heavy atom. The maximum atomic E-state index is 13.4. The molecule has 0 atom stereocenters. The van der Waals surface area contributed by atoms with Crippen molar-refractivity contribution in [1.82, 2.24) is 24.4 Å². The Kier molecular flexibility index (Phi) is 6.74. The Balaban J connectivity index is 1.39. The van der Waals surface area contributed by atoms with Crippen molar-refractivity contribution in [3.63, 3.8) is 0 Å². The van der Waals surface area contributed by atoms with Crippen molar-refractivity contribution in [2.24, 2.45) is 11.8 Å². The van der Waals surface area contributed by atoms with Gasteiger partial charge in [-0.05, 0) is 57.4 Å². The predicted octanol–water partition coefficient (Wildman–Crippen LogP) is 3.63. The van der Waals surface area contributed by atoms with Crippen LogP contribution in [0.3, 0.4) is 0 Å². The highest BCUT2D eigenvalue weighted by molar-refractivity contribution is 6.08. The average molecular weight is 496 g/mol. The zero-order valence-electron chi connectivity index (χ0n) is 21.6. The zero-order valence-corrected chi connectivity index (χ0v) is 21.6. The number of hydrogen-bond acceptors (Lipinski definition) is 7. The summed E-state index contributed by atoms with van der Waals surface area (Å²) in [6.45, 7) is 10.8. The van der Waals surface area contributed by atoms with Crippen molar-refractivity contribution in [2.75, 3.05) is 36.5 Å². The van der Waals surface area contributed by atoms with Gasteiger partial charge in [0.15, 0.2) is 5.65 Å². The van der Waals surface area contributed by atoms with E-state index in [1.54, 1.807) is 18.4 Å². The van der Waals surface area contributed by atoms with Crippen LogP contribution in [0.5, 0.6) is 0 Å². The normalized spacial score (nSPS) is 21.3. The predicted molar refractivity (Wildman–Crippen MR) is 137 cm³/mol. The summed E-state index contributed by atoms with van der Waals surface area (Å²) in [5.74, 6) is 1.90. The number of hydrogen-bond donors (Lipinski definition) is 2. The molecule has 0 unspecified atom stereocenters. The van der Waals surface area contributed by atoms with Crippen LogP contribution in [0.2, 0.25) is 0 Å². The molecule has 2 N–H and O–H groups in total. The molecule has 0 bridgehead atoms. The lowest BCUT2D eigenvalue weighted by atomic mass is 9.80. The van der Waals surface area contributed by atoms with Crippen LogP contribution >= 0.6 is 0 Å². The minimum Gasteiger partial charge on any atom is -0.384 e. The summed E-state index contributed by atoms with van der Waals surface area (Å²) in [5.41, 5.74) is 0.631. The third-order valence-corrected chi connectivity index (χ3v) is 7.55. The van der Waals surface area contributed by atoms with Crippen molar-refractivity contribution >= 4 is 23.1 Å². The summed E-state index contributed by atoms with van der Waals surface area (Å²) in [5, 5.41) is 22.9. The molecule has 1 aliphatic carbocycles. The van der Waals surface area contributed by atoms with Gasteiger partial charge in [-0.1, -0.05) is 13.8 Å². The van der Waals surface area contributed by atoms with Crippen LogP contribution < -0.4 is 10.2 Å². The van der Waals surface area contributed by atoms with Crippen LogP contribution in [0.1, 0.15) is 75.5 Å². The van der Waals surface area contributed by atoms with E-state index in [0.29, 0.717) is 41.7 Å². The van der Waals surface area contributed by atoms with Crippen LogP contribution in [0.4, 0.5) is 11.5 Å². The molecule has 2 aliphatic rings. The van der Waals surface area contributed by atoms with Gasteiger partial charge in [-0.15, -0.1) is 0 Å². The van der Waals surface area contributed by atoms with E-state index in [9.17, 15) is 9.90 Å². The molecule has 1 aliphatic heterocycles. The van der Waals surface area contributed by atoms with Gasteiger partial charge in [0.1, 0.15) is 22.7 Å². The number of morpholine rings is 1. The Hall–Kier alpha value is -2.98. The summed E-state index contributed by atoms with van der Waals surface area (Å²) < 4.78 is 8.98. The summed E-state index contributed by atoms with van der Waals surface area (Å²) in [4.78, 5) is 20.3. The SMILES string of the molecule is CC(C)C1CCC(n2cc(NC(=O)c3cnn4ccc(N5CCOCC5)nc34)c(C(C)(C)O)n2)CC1. The van der Waals surface area contributed by atoms with Gasteiger partial charge in [0.05, 0.1) is 31.1 Å². The molecule has 36 heavy (non-hydrogen) atoms. The summed E-state index contributed by atoms with van der Waals surface area (Å²) >= 11 is 0. The van der Waals surface area contributed by atoms with E-state index in [4.69, 9.17) is 14.8 Å². The molecule has 4 heterocycles. The number of carbonyl (C=O) groups excluding carboxylic acids is 1. The first-order valence-electron chi connectivity index (χ1n) is 13.0. The van der Waals surface area contributed by atoms with Gasteiger partial charge in [-0.3, -0.25) is 9.48 Å². The standard InChI is InChI=1S/C26H37N7O3/c1-17(2)18-5-7-19(8-6-18)33-16-21(23(30-33)26(3,4)35)28-25(34)20-15-27-32-10-9-22(29-24(20)32)31-11-13-36-14-12-31/h9-10,15-19,35H,5-8,11-14H2,1-4H3,(H,28,34). The largest absolute Gasteiger partial charge is 0.384 e. The van der Waals surface area contributed by atoms with E-state index in [1.807, 2.05) is 23.1 Å². The molecule has 1 amide bonds.